The minimum Gasteiger partial charge on any atom is -0.222 e. The first-order chi connectivity index (χ1) is 11.9. The van der Waals surface area contributed by atoms with Gasteiger partial charge >= 0.3 is 11.5 Å². The maximum Gasteiger partial charge on any atom is 0.360 e. The highest BCUT2D eigenvalue weighted by Gasteiger charge is 2.26. The third-order valence-corrected chi connectivity index (χ3v) is 4.25. The van der Waals surface area contributed by atoms with Crippen molar-refractivity contribution < 1.29 is 33.3 Å². The van der Waals surface area contributed by atoms with Crippen molar-refractivity contribution in [1.82, 2.24) is 0 Å². The van der Waals surface area contributed by atoms with Crippen LogP contribution in [0.25, 0.3) is 11.3 Å². The molecule has 1 aromatic carbocycles. The predicted molar refractivity (Wildman–Crippen MR) is 84.2 cm³/mol. The van der Waals surface area contributed by atoms with Gasteiger partial charge in [0, 0.05) is 11.9 Å². The van der Waals surface area contributed by atoms with Gasteiger partial charge in [-0.1, -0.05) is 18.2 Å². The van der Waals surface area contributed by atoms with Gasteiger partial charge in [-0.05, 0) is 49.8 Å². The largest absolute Gasteiger partial charge is 0.360 e. The van der Waals surface area contributed by atoms with E-state index in [-0.39, 0.29) is 0 Å². The van der Waals surface area contributed by atoms with E-state index in [1.165, 1.54) is 30.4 Å². The Kier molecular flexibility index (Phi) is 7.62. The maximum atomic E-state index is 8.49. The van der Waals surface area contributed by atoms with Gasteiger partial charge < -0.3 is 0 Å². The van der Waals surface area contributed by atoms with Gasteiger partial charge in [0.05, 0.1) is 17.5 Å². The van der Waals surface area contributed by atoms with Crippen LogP contribution < -0.4 is 18.6 Å². The van der Waals surface area contributed by atoms with Crippen molar-refractivity contribution in [2.75, 3.05) is 5.88 Å². The molecule has 0 aliphatic heterocycles. The van der Waals surface area contributed by atoms with Crippen LogP contribution >= 0.6 is 11.6 Å². The molecule has 0 fully saturated rings. The first-order valence-electron chi connectivity index (χ1n) is 8.09. The molecule has 1 aliphatic carbocycles. The summed E-state index contributed by atoms with van der Waals surface area (Å²) in [6, 6.07) is 12.6. The van der Waals surface area contributed by atoms with Gasteiger partial charge in [-0.2, -0.15) is 0 Å². The summed E-state index contributed by atoms with van der Waals surface area (Å²) in [5.74, 6) is 2.84. The van der Waals surface area contributed by atoms with Crippen LogP contribution in [0.1, 0.15) is 36.1 Å². The second kappa shape index (κ2) is 9.48. The van der Waals surface area contributed by atoms with E-state index in [2.05, 4.69) is 30.3 Å². The van der Waals surface area contributed by atoms with Gasteiger partial charge in [0.25, 0.3) is 0 Å². The Bertz CT molecular complexity index is 665. The molecular formula is C18H20Cl2O5. The highest BCUT2D eigenvalue weighted by atomic mass is 35.7. The average molecular weight is 387 g/mol. The Morgan fingerprint density at radius 2 is 1.64 bits per heavy atom. The minimum atomic E-state index is -4.94. The van der Waals surface area contributed by atoms with Crippen LogP contribution in [-0.2, 0) is 19.3 Å². The number of rotatable bonds is 4. The Hall–Kier alpha value is -1.21. The molecule has 0 saturated carbocycles. The summed E-state index contributed by atoms with van der Waals surface area (Å²) in [5, 5.41) is 0. The Morgan fingerprint density at radius 3 is 2.28 bits per heavy atom. The van der Waals surface area contributed by atoms with E-state index in [9.17, 15) is 0 Å². The molecule has 7 heteroatoms. The van der Waals surface area contributed by atoms with Crippen molar-refractivity contribution in [2.24, 2.45) is 0 Å². The number of alkyl halides is 1. The van der Waals surface area contributed by atoms with Gasteiger partial charge in [0.1, 0.15) is 0 Å². The summed E-state index contributed by atoms with van der Waals surface area (Å²) in [5.41, 5.74) is 4.08. The number of halogens is 2. The third-order valence-electron chi connectivity index (χ3n) is 3.98. The number of hydrogen-bond donors (Lipinski definition) is 0. The summed E-state index contributed by atoms with van der Waals surface area (Å²) in [4.78, 5) is 0. The lowest BCUT2D eigenvalue weighted by Crippen LogP contribution is -2.68. The van der Waals surface area contributed by atoms with E-state index in [1.807, 2.05) is 6.07 Å². The number of aryl methyl sites for hydroxylation is 2. The van der Waals surface area contributed by atoms with Crippen molar-refractivity contribution in [3.05, 3.63) is 53.3 Å². The van der Waals surface area contributed by atoms with Crippen LogP contribution in [0, 0.1) is 10.2 Å². The molecule has 0 saturated heterocycles. The average Bonchev–Trinajstić information content (AvgIpc) is 2.59. The Labute approximate surface area is 154 Å². The molecule has 0 bridgehead atoms. The predicted octanol–water partition coefficient (Wildman–Crippen LogP) is 0.522. The molecule has 3 rings (SSSR count). The monoisotopic (exact) mass is 386 g/mol. The van der Waals surface area contributed by atoms with Gasteiger partial charge in [0.2, 0.25) is 0 Å². The third kappa shape index (κ3) is 6.90. The van der Waals surface area contributed by atoms with Gasteiger partial charge in [0.15, 0.2) is 0 Å². The van der Waals surface area contributed by atoms with E-state index in [0.717, 1.165) is 36.3 Å². The molecule has 1 aliphatic rings. The van der Waals surface area contributed by atoms with E-state index < -0.39 is 10.2 Å². The number of benzene rings is 1. The Morgan fingerprint density at radius 1 is 1.00 bits per heavy atom. The summed E-state index contributed by atoms with van der Waals surface area (Å²) >= 11 is 5.85. The van der Waals surface area contributed by atoms with E-state index in [4.69, 9.17) is 34.7 Å². The number of fused-ring (bicyclic) bond motifs is 1. The molecule has 0 amide bonds. The molecule has 136 valence electrons. The topological polar surface area (TPSA) is 104 Å². The lowest BCUT2D eigenvalue weighted by molar-refractivity contribution is -2.00. The van der Waals surface area contributed by atoms with Gasteiger partial charge in [-0.15, -0.1) is 21.8 Å². The van der Waals surface area contributed by atoms with Crippen LogP contribution in [-0.4, -0.2) is 5.88 Å². The quantitative estimate of drug-likeness (QED) is 0.562. The zero-order valence-corrected chi connectivity index (χ0v) is 15.2. The normalized spacial score (nSPS) is 13.6. The van der Waals surface area contributed by atoms with Crippen LogP contribution in [0.5, 0.6) is 0 Å². The summed E-state index contributed by atoms with van der Waals surface area (Å²) < 4.78 is 40.2. The lowest BCUT2D eigenvalue weighted by Gasteiger charge is -2.17. The van der Waals surface area contributed by atoms with Crippen LogP contribution in [0.4, 0.5) is 0 Å². The SMILES string of the molecule is ClCCCc1[o+]c(-c2ccccc2)cc2c1CCCC2.[O-][Cl+3]([O-])([O-])[O-]. The van der Waals surface area contributed by atoms with E-state index >= 15 is 0 Å². The fourth-order valence-electron chi connectivity index (χ4n) is 2.96. The lowest BCUT2D eigenvalue weighted by atomic mass is 9.89. The van der Waals surface area contributed by atoms with Crippen molar-refractivity contribution >= 4 is 11.6 Å². The molecule has 0 radical (unpaired) electrons. The molecular weight excluding hydrogens is 367 g/mol. The van der Waals surface area contributed by atoms with Crippen molar-refractivity contribution in [3.8, 4) is 11.3 Å². The highest BCUT2D eigenvalue weighted by Crippen LogP contribution is 2.31. The first-order valence-corrected chi connectivity index (χ1v) is 9.86. The van der Waals surface area contributed by atoms with Crippen LogP contribution in [0.15, 0.2) is 40.8 Å². The minimum absolute atomic E-state index is 0.694. The molecule has 0 spiro atoms. The van der Waals surface area contributed by atoms with Crippen LogP contribution in [0.2, 0.25) is 0 Å². The van der Waals surface area contributed by atoms with Crippen molar-refractivity contribution in [1.29, 1.82) is 0 Å². The number of hydrogen-bond acceptors (Lipinski definition) is 4. The Balaban J connectivity index is 0.000000399. The molecule has 25 heavy (non-hydrogen) atoms. The summed E-state index contributed by atoms with van der Waals surface area (Å²) in [6.45, 7) is 0. The van der Waals surface area contributed by atoms with Gasteiger partial charge in [-0.25, -0.2) is 23.1 Å². The fraction of sp³-hybridized carbons (Fsp3) is 0.389. The highest BCUT2D eigenvalue weighted by molar-refractivity contribution is 6.17. The first kappa shape index (κ1) is 20.1. The molecule has 0 atom stereocenters. The second-order valence-electron chi connectivity index (χ2n) is 5.78. The van der Waals surface area contributed by atoms with Crippen molar-refractivity contribution in [2.45, 2.75) is 38.5 Å². The molecule has 0 unspecified atom stereocenters. The van der Waals surface area contributed by atoms with Gasteiger partial charge in [-0.3, -0.25) is 0 Å². The smallest absolute Gasteiger partial charge is 0.222 e. The van der Waals surface area contributed by atoms with Crippen LogP contribution in [0.3, 0.4) is 0 Å². The fourth-order valence-corrected chi connectivity index (χ4v) is 3.10. The molecule has 2 aromatic rings. The summed E-state index contributed by atoms with van der Waals surface area (Å²) in [7, 11) is -4.94. The maximum absolute atomic E-state index is 8.49. The molecule has 1 heterocycles. The zero-order valence-electron chi connectivity index (χ0n) is 13.7. The van der Waals surface area contributed by atoms with E-state index in [1.54, 1.807) is 0 Å². The standard InChI is InChI=1S/C18H20ClO.ClHO4/c19-12-6-11-17-16-10-5-4-9-15(16)13-18(20-17)14-7-2-1-3-8-14;2-1(3,4)5/h1-3,7-8,13H,4-6,9-12H2;(H,2,3,4,5)/q+1;/p-1. The second-order valence-corrected chi connectivity index (χ2v) is 6.92. The molecule has 1 aromatic heterocycles. The summed E-state index contributed by atoms with van der Waals surface area (Å²) in [6.07, 6.45) is 6.84. The van der Waals surface area contributed by atoms with E-state index in [0.29, 0.717) is 5.88 Å². The molecule has 0 N–H and O–H groups in total. The molecule has 5 nitrogen and oxygen atoms in total. The van der Waals surface area contributed by atoms with Crippen molar-refractivity contribution in [3.63, 3.8) is 0 Å². The zero-order chi connectivity index (χ0) is 18.3.